The molecule has 5 nitrogen and oxygen atoms in total. The lowest BCUT2D eigenvalue weighted by Crippen LogP contribution is -2.13. The summed E-state index contributed by atoms with van der Waals surface area (Å²) in [4.78, 5) is -0.447. The molecule has 0 bridgehead atoms. The van der Waals surface area contributed by atoms with Crippen LogP contribution in [0.5, 0.6) is 11.5 Å². The van der Waals surface area contributed by atoms with Gasteiger partial charge >= 0.3 is 0 Å². The van der Waals surface area contributed by atoms with Crippen molar-refractivity contribution in [2.75, 3.05) is 0 Å². The minimum atomic E-state index is -4.08. The SMILES string of the molecule is CC(C)Oc1ccc(/C=C(\C#N)S(=O)(=O)c2ccccc2)c(OC(C)C)c1Cc1c(F)cccc1Cl. The lowest BCUT2D eigenvalue weighted by atomic mass is 9.99. The van der Waals surface area contributed by atoms with Crippen molar-refractivity contribution in [1.82, 2.24) is 0 Å². The number of allylic oxidation sites excluding steroid dienone is 1. The Morgan fingerprint density at radius 3 is 2.22 bits per heavy atom. The quantitative estimate of drug-likeness (QED) is 0.280. The van der Waals surface area contributed by atoms with Crippen LogP contribution in [0.4, 0.5) is 4.39 Å². The highest BCUT2D eigenvalue weighted by molar-refractivity contribution is 7.95. The third-order valence-electron chi connectivity index (χ3n) is 5.12. The number of hydrogen-bond donors (Lipinski definition) is 0. The second kappa shape index (κ2) is 11.6. The van der Waals surface area contributed by atoms with Crippen molar-refractivity contribution in [2.45, 2.75) is 51.2 Å². The van der Waals surface area contributed by atoms with Crippen LogP contribution >= 0.6 is 11.6 Å². The van der Waals surface area contributed by atoms with E-state index in [0.29, 0.717) is 22.6 Å². The summed E-state index contributed by atoms with van der Waals surface area (Å²) >= 11 is 6.31. The van der Waals surface area contributed by atoms with Gasteiger partial charge < -0.3 is 9.47 Å². The monoisotopic (exact) mass is 527 g/mol. The largest absolute Gasteiger partial charge is 0.491 e. The van der Waals surface area contributed by atoms with Crippen molar-refractivity contribution >= 4 is 27.5 Å². The van der Waals surface area contributed by atoms with Gasteiger partial charge in [-0.2, -0.15) is 5.26 Å². The Kier molecular flexibility index (Phi) is 8.78. The first kappa shape index (κ1) is 27.3. The third kappa shape index (κ3) is 6.26. The van der Waals surface area contributed by atoms with Gasteiger partial charge in [0.2, 0.25) is 9.84 Å². The molecule has 0 heterocycles. The summed E-state index contributed by atoms with van der Waals surface area (Å²) in [6, 6.07) is 17.2. The molecule has 0 spiro atoms. The van der Waals surface area contributed by atoms with Crippen molar-refractivity contribution in [3.8, 4) is 17.6 Å². The van der Waals surface area contributed by atoms with Crippen LogP contribution in [-0.2, 0) is 16.3 Å². The van der Waals surface area contributed by atoms with Crippen LogP contribution in [0.25, 0.3) is 6.08 Å². The smallest absolute Gasteiger partial charge is 0.216 e. The second-order valence-electron chi connectivity index (χ2n) is 8.61. The van der Waals surface area contributed by atoms with Crippen molar-refractivity contribution in [1.29, 1.82) is 5.26 Å². The van der Waals surface area contributed by atoms with Crippen molar-refractivity contribution < 1.29 is 22.3 Å². The van der Waals surface area contributed by atoms with Crippen LogP contribution in [0.1, 0.15) is 44.4 Å². The molecule has 0 atom stereocenters. The molecule has 0 saturated heterocycles. The van der Waals surface area contributed by atoms with Gasteiger partial charge in [0.05, 0.1) is 17.1 Å². The minimum Gasteiger partial charge on any atom is -0.491 e. The van der Waals surface area contributed by atoms with E-state index < -0.39 is 20.6 Å². The molecule has 0 saturated carbocycles. The van der Waals surface area contributed by atoms with E-state index in [1.807, 2.05) is 33.8 Å². The molecule has 3 aromatic carbocycles. The van der Waals surface area contributed by atoms with E-state index >= 15 is 0 Å². The zero-order valence-corrected chi connectivity index (χ0v) is 22.0. The maximum atomic E-state index is 14.7. The molecule has 0 aliphatic heterocycles. The van der Waals surface area contributed by atoms with Gasteiger partial charge in [0.1, 0.15) is 28.3 Å². The Labute approximate surface area is 216 Å². The molecule has 0 N–H and O–H groups in total. The first-order valence-corrected chi connectivity index (χ1v) is 13.2. The Balaban J connectivity index is 2.27. The first-order chi connectivity index (χ1) is 17.0. The van der Waals surface area contributed by atoms with Gasteiger partial charge in [0.15, 0.2) is 0 Å². The number of hydrogen-bond acceptors (Lipinski definition) is 5. The molecule has 188 valence electrons. The van der Waals surface area contributed by atoms with Crippen LogP contribution in [0.2, 0.25) is 5.02 Å². The Morgan fingerprint density at radius 2 is 1.64 bits per heavy atom. The zero-order chi connectivity index (χ0) is 26.5. The third-order valence-corrected chi connectivity index (χ3v) is 7.15. The topological polar surface area (TPSA) is 76.4 Å². The van der Waals surface area contributed by atoms with Crippen molar-refractivity contribution in [3.63, 3.8) is 0 Å². The highest BCUT2D eigenvalue weighted by Gasteiger charge is 2.24. The predicted molar refractivity (Wildman–Crippen MR) is 139 cm³/mol. The van der Waals surface area contributed by atoms with E-state index in [4.69, 9.17) is 21.1 Å². The lowest BCUT2D eigenvalue weighted by Gasteiger charge is -2.22. The zero-order valence-electron chi connectivity index (χ0n) is 20.5. The molecular formula is C28H27ClFNO4S. The molecule has 0 aromatic heterocycles. The molecule has 36 heavy (non-hydrogen) atoms. The average molecular weight is 528 g/mol. The number of nitrogens with zero attached hydrogens (tertiary/aromatic N) is 1. The molecule has 3 rings (SSSR count). The van der Waals surface area contributed by atoms with Crippen LogP contribution < -0.4 is 9.47 Å². The van der Waals surface area contributed by atoms with Crippen LogP contribution in [0.3, 0.4) is 0 Å². The number of benzene rings is 3. The normalized spacial score (nSPS) is 12.0. The van der Waals surface area contributed by atoms with Crippen LogP contribution in [0.15, 0.2) is 70.5 Å². The van der Waals surface area contributed by atoms with E-state index in [0.717, 1.165) is 0 Å². The minimum absolute atomic E-state index is 0.00208. The molecule has 0 fully saturated rings. The molecule has 0 radical (unpaired) electrons. The summed E-state index contributed by atoms with van der Waals surface area (Å²) in [6.45, 7) is 7.35. The van der Waals surface area contributed by atoms with Gasteiger partial charge in [-0.3, -0.25) is 0 Å². The molecule has 3 aromatic rings. The fourth-order valence-corrected chi connectivity index (χ4v) is 4.97. The highest BCUT2D eigenvalue weighted by Crippen LogP contribution is 2.39. The van der Waals surface area contributed by atoms with E-state index in [-0.39, 0.29) is 34.1 Å². The molecule has 0 amide bonds. The van der Waals surface area contributed by atoms with E-state index in [9.17, 15) is 18.1 Å². The number of sulfone groups is 1. The summed E-state index contributed by atoms with van der Waals surface area (Å²) in [6.07, 6.45) is 0.801. The summed E-state index contributed by atoms with van der Waals surface area (Å²) in [7, 11) is -4.08. The second-order valence-corrected chi connectivity index (χ2v) is 10.9. The highest BCUT2D eigenvalue weighted by atomic mass is 35.5. The number of rotatable bonds is 9. The van der Waals surface area contributed by atoms with Gasteiger partial charge in [-0.1, -0.05) is 35.9 Å². The van der Waals surface area contributed by atoms with Gasteiger partial charge in [0.25, 0.3) is 0 Å². The predicted octanol–water partition coefficient (Wildman–Crippen LogP) is 6.98. The Hall–Kier alpha value is -3.34. The fraction of sp³-hybridized carbons (Fsp3) is 0.250. The van der Waals surface area contributed by atoms with Gasteiger partial charge in [-0.05, 0) is 70.2 Å². The molecule has 0 unspecified atom stereocenters. The first-order valence-electron chi connectivity index (χ1n) is 11.4. The maximum Gasteiger partial charge on any atom is 0.216 e. The lowest BCUT2D eigenvalue weighted by molar-refractivity contribution is 0.225. The van der Waals surface area contributed by atoms with Crippen LogP contribution in [0, 0.1) is 17.1 Å². The summed E-state index contributed by atoms with van der Waals surface area (Å²) < 4.78 is 53.2. The Morgan fingerprint density at radius 1 is 0.972 bits per heavy atom. The summed E-state index contributed by atoms with van der Waals surface area (Å²) in [5.74, 6) is 0.249. The van der Waals surface area contributed by atoms with Gasteiger partial charge in [-0.25, -0.2) is 12.8 Å². The number of ether oxygens (including phenoxy) is 2. The van der Waals surface area contributed by atoms with E-state index in [1.54, 1.807) is 36.4 Å². The fourth-order valence-electron chi connectivity index (χ4n) is 3.56. The number of halogens is 2. The molecule has 8 heteroatoms. The van der Waals surface area contributed by atoms with E-state index in [2.05, 4.69) is 0 Å². The van der Waals surface area contributed by atoms with Crippen molar-refractivity contribution in [3.05, 3.63) is 93.1 Å². The molecular weight excluding hydrogens is 501 g/mol. The molecule has 0 aliphatic rings. The molecule has 0 aliphatic carbocycles. The summed E-state index contributed by atoms with van der Waals surface area (Å²) in [5, 5.41) is 10.0. The van der Waals surface area contributed by atoms with Gasteiger partial charge in [-0.15, -0.1) is 0 Å². The standard InChI is InChI=1S/C28H27ClFNO4S/c1-18(2)34-27-14-13-20(15-22(17-31)36(32,33)21-9-6-5-7-10-21)28(35-19(3)4)24(27)16-23-25(29)11-8-12-26(23)30/h5-15,18-19H,16H2,1-4H3/b22-15+. The van der Waals surface area contributed by atoms with Gasteiger partial charge in [0, 0.05) is 28.1 Å². The summed E-state index contributed by atoms with van der Waals surface area (Å²) in [5.41, 5.74) is 1.09. The average Bonchev–Trinajstić information content (AvgIpc) is 2.82. The Bertz CT molecular complexity index is 1390. The van der Waals surface area contributed by atoms with Crippen LogP contribution in [-0.4, -0.2) is 20.6 Å². The number of nitriles is 1. The maximum absolute atomic E-state index is 14.7. The van der Waals surface area contributed by atoms with Crippen molar-refractivity contribution in [2.24, 2.45) is 0 Å². The van der Waals surface area contributed by atoms with E-state index in [1.165, 1.54) is 30.3 Å².